The fourth-order valence-corrected chi connectivity index (χ4v) is 4.17. The van der Waals surface area contributed by atoms with Gasteiger partial charge in [0.2, 0.25) is 5.91 Å². The molecule has 0 saturated heterocycles. The summed E-state index contributed by atoms with van der Waals surface area (Å²) >= 11 is 1.37. The summed E-state index contributed by atoms with van der Waals surface area (Å²) in [5.74, 6) is -0.377. The van der Waals surface area contributed by atoms with Crippen molar-refractivity contribution in [3.05, 3.63) is 53.4 Å². The summed E-state index contributed by atoms with van der Waals surface area (Å²) in [6, 6.07) is 14.2. The van der Waals surface area contributed by atoms with Crippen molar-refractivity contribution in [1.29, 1.82) is 0 Å². The van der Waals surface area contributed by atoms with Crippen LogP contribution in [0.15, 0.2) is 47.8 Å². The lowest BCUT2D eigenvalue weighted by Crippen LogP contribution is -2.28. The first-order valence-corrected chi connectivity index (χ1v) is 9.55. The number of methoxy groups -OCH3 is 1. The van der Waals surface area contributed by atoms with Crippen LogP contribution in [0.1, 0.15) is 29.6 Å². The molecule has 4 rings (SSSR count). The van der Waals surface area contributed by atoms with Crippen LogP contribution in [0.25, 0.3) is 21.9 Å². The highest BCUT2D eigenvalue weighted by Gasteiger charge is 2.28. The number of rotatable bonds is 4. The Hall–Kier alpha value is -2.66. The third-order valence-electron chi connectivity index (χ3n) is 4.95. The average Bonchev–Trinajstić information content (AvgIpc) is 3.02. The van der Waals surface area contributed by atoms with Gasteiger partial charge in [0.15, 0.2) is 0 Å². The van der Waals surface area contributed by atoms with Gasteiger partial charge >= 0.3 is 5.97 Å². The molecule has 1 aliphatic rings. The van der Waals surface area contributed by atoms with Crippen LogP contribution in [0.4, 0.5) is 5.00 Å². The standard InChI is InChI=1S/C21H19NO3S/c1-25-21(24)18-17(12-26-20(18)22-19(23)14-7-4-8-14)16-10-9-13-5-2-3-6-15(13)11-16/h2-3,5-6,9-12,14H,4,7-8H2,1H3,(H,22,23). The molecule has 0 bridgehead atoms. The number of anilines is 1. The average molecular weight is 365 g/mol. The molecule has 132 valence electrons. The Morgan fingerprint density at radius 3 is 2.58 bits per heavy atom. The molecule has 1 fully saturated rings. The number of benzene rings is 2. The lowest BCUT2D eigenvalue weighted by atomic mass is 9.85. The molecule has 0 spiro atoms. The SMILES string of the molecule is COC(=O)c1c(-c2ccc3ccccc3c2)csc1NC(=O)C1CCC1. The summed E-state index contributed by atoms with van der Waals surface area (Å²) in [5, 5.41) is 7.66. The zero-order valence-electron chi connectivity index (χ0n) is 14.5. The van der Waals surface area contributed by atoms with E-state index < -0.39 is 5.97 Å². The van der Waals surface area contributed by atoms with Gasteiger partial charge in [0.25, 0.3) is 0 Å². The third kappa shape index (κ3) is 2.99. The number of hydrogen-bond acceptors (Lipinski definition) is 4. The van der Waals surface area contributed by atoms with Gasteiger partial charge in [0.1, 0.15) is 10.6 Å². The van der Waals surface area contributed by atoms with Crippen molar-refractivity contribution in [3.63, 3.8) is 0 Å². The lowest BCUT2D eigenvalue weighted by Gasteiger charge is -2.23. The minimum Gasteiger partial charge on any atom is -0.465 e. The predicted octanol–water partition coefficient (Wildman–Crippen LogP) is 5.09. The van der Waals surface area contributed by atoms with E-state index in [4.69, 9.17) is 4.74 Å². The summed E-state index contributed by atoms with van der Waals surface area (Å²) in [7, 11) is 1.36. The van der Waals surface area contributed by atoms with Gasteiger partial charge in [-0.25, -0.2) is 4.79 Å². The van der Waals surface area contributed by atoms with E-state index in [1.54, 1.807) is 0 Å². The molecular weight excluding hydrogens is 346 g/mol. The van der Waals surface area contributed by atoms with Crippen LogP contribution in [-0.4, -0.2) is 19.0 Å². The fourth-order valence-electron chi connectivity index (χ4n) is 3.21. The van der Waals surface area contributed by atoms with E-state index in [-0.39, 0.29) is 11.8 Å². The summed E-state index contributed by atoms with van der Waals surface area (Å²) in [6.45, 7) is 0. The largest absolute Gasteiger partial charge is 0.465 e. The summed E-state index contributed by atoms with van der Waals surface area (Å²) in [4.78, 5) is 24.7. The van der Waals surface area contributed by atoms with Gasteiger partial charge in [0, 0.05) is 16.9 Å². The summed E-state index contributed by atoms with van der Waals surface area (Å²) in [6.07, 6.45) is 2.93. The van der Waals surface area contributed by atoms with E-state index in [2.05, 4.69) is 17.4 Å². The number of nitrogens with one attached hydrogen (secondary N) is 1. The number of ether oxygens (including phenoxy) is 1. The lowest BCUT2D eigenvalue weighted by molar-refractivity contribution is -0.122. The molecule has 5 heteroatoms. The normalized spacial score (nSPS) is 14.0. The molecule has 1 amide bonds. The monoisotopic (exact) mass is 365 g/mol. The number of esters is 1. The second-order valence-corrected chi connectivity index (χ2v) is 7.40. The number of amides is 1. The van der Waals surface area contributed by atoms with E-state index in [0.717, 1.165) is 41.2 Å². The zero-order chi connectivity index (χ0) is 18.1. The Labute approximate surface area is 155 Å². The van der Waals surface area contributed by atoms with E-state index >= 15 is 0 Å². The molecule has 1 aliphatic carbocycles. The van der Waals surface area contributed by atoms with Crippen LogP contribution >= 0.6 is 11.3 Å². The molecule has 1 aromatic heterocycles. The smallest absolute Gasteiger partial charge is 0.341 e. The van der Waals surface area contributed by atoms with Crippen LogP contribution in [0, 0.1) is 5.92 Å². The summed E-state index contributed by atoms with van der Waals surface area (Å²) in [5.41, 5.74) is 2.15. The minimum absolute atomic E-state index is 0.00619. The maximum atomic E-state index is 12.4. The highest BCUT2D eigenvalue weighted by atomic mass is 32.1. The molecular formula is C21H19NO3S. The Kier molecular flexibility index (Phi) is 4.47. The van der Waals surface area contributed by atoms with Crippen molar-refractivity contribution in [2.75, 3.05) is 12.4 Å². The molecule has 4 nitrogen and oxygen atoms in total. The molecule has 2 aromatic carbocycles. The molecule has 0 unspecified atom stereocenters. The second kappa shape index (κ2) is 6.92. The highest BCUT2D eigenvalue weighted by Crippen LogP contribution is 2.38. The highest BCUT2D eigenvalue weighted by molar-refractivity contribution is 7.15. The molecule has 0 radical (unpaired) electrons. The van der Waals surface area contributed by atoms with Gasteiger partial charge in [-0.2, -0.15) is 0 Å². The van der Waals surface area contributed by atoms with E-state index in [9.17, 15) is 9.59 Å². The van der Waals surface area contributed by atoms with Gasteiger partial charge < -0.3 is 10.1 Å². The van der Waals surface area contributed by atoms with E-state index in [1.165, 1.54) is 18.4 Å². The molecule has 1 N–H and O–H groups in total. The van der Waals surface area contributed by atoms with Crippen molar-refractivity contribution in [3.8, 4) is 11.1 Å². The van der Waals surface area contributed by atoms with Gasteiger partial charge in [-0.1, -0.05) is 42.8 Å². The zero-order valence-corrected chi connectivity index (χ0v) is 15.3. The van der Waals surface area contributed by atoms with Gasteiger partial charge in [-0.3, -0.25) is 4.79 Å². The first kappa shape index (κ1) is 16.8. The molecule has 0 atom stereocenters. The Balaban J connectivity index is 1.74. The number of carbonyl (C=O) groups excluding carboxylic acids is 2. The molecule has 3 aromatic rings. The Bertz CT molecular complexity index is 988. The Morgan fingerprint density at radius 2 is 1.88 bits per heavy atom. The molecule has 1 heterocycles. The van der Waals surface area contributed by atoms with Crippen LogP contribution in [0.3, 0.4) is 0 Å². The van der Waals surface area contributed by atoms with Gasteiger partial charge in [-0.05, 0) is 35.2 Å². The number of fused-ring (bicyclic) bond motifs is 1. The first-order valence-electron chi connectivity index (χ1n) is 8.67. The number of carbonyl (C=O) groups is 2. The number of thiophene rings is 1. The number of hydrogen-bond donors (Lipinski definition) is 1. The van der Waals surface area contributed by atoms with Crippen LogP contribution in [-0.2, 0) is 9.53 Å². The molecule has 1 saturated carbocycles. The van der Waals surface area contributed by atoms with Crippen LogP contribution in [0.5, 0.6) is 0 Å². The predicted molar refractivity (Wildman–Crippen MR) is 105 cm³/mol. The quantitative estimate of drug-likeness (QED) is 0.655. The van der Waals surface area contributed by atoms with Crippen molar-refractivity contribution in [2.24, 2.45) is 5.92 Å². The van der Waals surface area contributed by atoms with Gasteiger partial charge in [0.05, 0.1) is 7.11 Å². The van der Waals surface area contributed by atoms with Crippen molar-refractivity contribution in [2.45, 2.75) is 19.3 Å². The van der Waals surface area contributed by atoms with Crippen molar-refractivity contribution < 1.29 is 14.3 Å². The first-order chi connectivity index (χ1) is 12.7. The van der Waals surface area contributed by atoms with Crippen molar-refractivity contribution >= 4 is 39.0 Å². The second-order valence-electron chi connectivity index (χ2n) is 6.52. The molecule has 0 aliphatic heterocycles. The fraction of sp³-hybridized carbons (Fsp3) is 0.238. The van der Waals surface area contributed by atoms with Crippen LogP contribution < -0.4 is 5.32 Å². The van der Waals surface area contributed by atoms with E-state index in [1.807, 2.05) is 35.7 Å². The maximum Gasteiger partial charge on any atom is 0.341 e. The Morgan fingerprint density at radius 1 is 1.12 bits per heavy atom. The van der Waals surface area contributed by atoms with Crippen molar-refractivity contribution in [1.82, 2.24) is 0 Å². The van der Waals surface area contributed by atoms with E-state index in [0.29, 0.717) is 10.6 Å². The van der Waals surface area contributed by atoms with Crippen LogP contribution in [0.2, 0.25) is 0 Å². The van der Waals surface area contributed by atoms with Gasteiger partial charge in [-0.15, -0.1) is 11.3 Å². The topological polar surface area (TPSA) is 55.4 Å². The third-order valence-corrected chi connectivity index (χ3v) is 5.85. The minimum atomic E-state index is -0.432. The molecule has 26 heavy (non-hydrogen) atoms. The maximum absolute atomic E-state index is 12.4. The summed E-state index contributed by atoms with van der Waals surface area (Å²) < 4.78 is 4.98.